The summed E-state index contributed by atoms with van der Waals surface area (Å²) >= 11 is 0. The lowest BCUT2D eigenvalue weighted by molar-refractivity contribution is -0.138. The van der Waals surface area contributed by atoms with Gasteiger partial charge in [-0.3, -0.25) is 4.79 Å². The molecule has 22 heavy (non-hydrogen) atoms. The second-order valence-electron chi connectivity index (χ2n) is 5.33. The molecule has 0 saturated heterocycles. The molecule has 1 atom stereocenters. The number of benzene rings is 1. The molecular weight excluding hydrogens is 282 g/mol. The van der Waals surface area contributed by atoms with E-state index in [4.69, 9.17) is 16.6 Å². The fraction of sp³-hybridized carbons (Fsp3) is 0.400. The summed E-state index contributed by atoms with van der Waals surface area (Å²) in [4.78, 5) is 10.8. The van der Waals surface area contributed by atoms with Crippen molar-refractivity contribution in [3.8, 4) is 0 Å². The zero-order valence-electron chi connectivity index (χ0n) is 12.4. The predicted molar refractivity (Wildman–Crippen MR) is 82.0 cm³/mol. The van der Waals surface area contributed by atoms with E-state index >= 15 is 0 Å². The minimum absolute atomic E-state index is 0.0363. The third-order valence-electron chi connectivity index (χ3n) is 3.48. The van der Waals surface area contributed by atoms with Gasteiger partial charge < -0.3 is 16.6 Å². The molecule has 0 aliphatic carbocycles. The van der Waals surface area contributed by atoms with E-state index in [-0.39, 0.29) is 12.3 Å². The van der Waals surface area contributed by atoms with Crippen molar-refractivity contribution in [1.29, 1.82) is 0 Å². The van der Waals surface area contributed by atoms with Crippen LogP contribution in [0.2, 0.25) is 0 Å². The van der Waals surface area contributed by atoms with Gasteiger partial charge >= 0.3 is 5.97 Å². The summed E-state index contributed by atoms with van der Waals surface area (Å²) in [5.41, 5.74) is 14.1. The molecule has 0 aliphatic rings. The van der Waals surface area contributed by atoms with Gasteiger partial charge in [-0.2, -0.15) is 0 Å². The number of rotatable bonds is 8. The number of carboxylic acid groups (broad SMARTS) is 1. The first-order valence-corrected chi connectivity index (χ1v) is 7.19. The lowest BCUT2D eigenvalue weighted by Gasteiger charge is -2.12. The molecule has 0 unspecified atom stereocenters. The maximum atomic E-state index is 10.8. The quantitative estimate of drug-likeness (QED) is 0.648. The van der Waals surface area contributed by atoms with E-state index in [9.17, 15) is 4.79 Å². The molecule has 2 rings (SSSR count). The summed E-state index contributed by atoms with van der Waals surface area (Å²) in [5.74, 6) is -0.847. The number of aliphatic carboxylic acids is 1. The fourth-order valence-electron chi connectivity index (χ4n) is 2.30. The Morgan fingerprint density at radius 1 is 1.23 bits per heavy atom. The van der Waals surface area contributed by atoms with Crippen LogP contribution < -0.4 is 11.5 Å². The van der Waals surface area contributed by atoms with E-state index in [0.717, 1.165) is 16.8 Å². The average molecular weight is 303 g/mol. The van der Waals surface area contributed by atoms with Crippen molar-refractivity contribution >= 4 is 5.97 Å². The molecule has 2 aromatic rings. The average Bonchev–Trinajstić information content (AvgIpc) is 2.95. The molecular formula is C15H21N5O2. The molecule has 7 nitrogen and oxygen atoms in total. The Balaban J connectivity index is 1.96. The fourth-order valence-corrected chi connectivity index (χ4v) is 2.30. The molecule has 5 N–H and O–H groups in total. The Morgan fingerprint density at radius 3 is 2.45 bits per heavy atom. The van der Waals surface area contributed by atoms with Crippen molar-refractivity contribution in [2.45, 2.75) is 25.9 Å². The Kier molecular flexibility index (Phi) is 5.62. The Hall–Kier alpha value is -2.25. The SMILES string of the molecule is NCc1cn(Cc2ccc(C[C@H](CN)CC(=O)O)cc2)nn1. The number of nitrogens with two attached hydrogens (primary N) is 2. The van der Waals surface area contributed by atoms with Crippen LogP contribution in [0, 0.1) is 5.92 Å². The summed E-state index contributed by atoms with van der Waals surface area (Å²) in [6.07, 6.45) is 2.59. The van der Waals surface area contributed by atoms with E-state index in [2.05, 4.69) is 10.3 Å². The summed E-state index contributed by atoms with van der Waals surface area (Å²) < 4.78 is 1.74. The van der Waals surface area contributed by atoms with Crippen LogP contribution in [0.3, 0.4) is 0 Å². The van der Waals surface area contributed by atoms with Gasteiger partial charge in [0, 0.05) is 13.0 Å². The number of nitrogens with zero attached hydrogens (tertiary/aromatic N) is 3. The molecule has 0 amide bonds. The van der Waals surface area contributed by atoms with E-state index in [1.807, 2.05) is 30.5 Å². The number of aromatic nitrogens is 3. The summed E-state index contributed by atoms with van der Waals surface area (Å²) in [6.45, 7) is 1.38. The van der Waals surface area contributed by atoms with Crippen LogP contribution >= 0.6 is 0 Å². The van der Waals surface area contributed by atoms with Crippen LogP contribution in [0.25, 0.3) is 0 Å². The van der Waals surface area contributed by atoms with Crippen molar-refractivity contribution in [2.24, 2.45) is 17.4 Å². The molecule has 1 heterocycles. The van der Waals surface area contributed by atoms with Crippen molar-refractivity contribution in [3.63, 3.8) is 0 Å². The van der Waals surface area contributed by atoms with Crippen LogP contribution in [0.1, 0.15) is 23.2 Å². The molecule has 0 aliphatic heterocycles. The highest BCUT2D eigenvalue weighted by molar-refractivity contribution is 5.67. The third-order valence-corrected chi connectivity index (χ3v) is 3.48. The van der Waals surface area contributed by atoms with E-state index in [0.29, 0.717) is 26.1 Å². The molecule has 0 bridgehead atoms. The largest absolute Gasteiger partial charge is 0.481 e. The van der Waals surface area contributed by atoms with Gasteiger partial charge in [0.2, 0.25) is 0 Å². The van der Waals surface area contributed by atoms with Crippen LogP contribution in [0.5, 0.6) is 0 Å². The first-order chi connectivity index (χ1) is 10.6. The summed E-state index contributed by atoms with van der Waals surface area (Å²) in [7, 11) is 0. The molecule has 1 aromatic heterocycles. The monoisotopic (exact) mass is 303 g/mol. The van der Waals surface area contributed by atoms with Crippen LogP contribution in [0.15, 0.2) is 30.5 Å². The van der Waals surface area contributed by atoms with Gasteiger partial charge in [0.1, 0.15) is 0 Å². The summed E-state index contributed by atoms with van der Waals surface area (Å²) in [6, 6.07) is 8.02. The minimum atomic E-state index is -0.811. The first kappa shape index (κ1) is 16.1. The van der Waals surface area contributed by atoms with Gasteiger partial charge in [-0.25, -0.2) is 4.68 Å². The maximum Gasteiger partial charge on any atom is 0.303 e. The maximum absolute atomic E-state index is 10.8. The zero-order valence-corrected chi connectivity index (χ0v) is 12.4. The zero-order chi connectivity index (χ0) is 15.9. The molecule has 7 heteroatoms. The standard InChI is InChI=1S/C15H21N5O2/c16-7-13(6-15(21)22)5-11-1-3-12(4-2-11)9-20-10-14(8-17)18-19-20/h1-4,10,13H,5-9,16-17H2,(H,21,22)/t13-/m0/s1. The first-order valence-electron chi connectivity index (χ1n) is 7.19. The number of hydrogen-bond acceptors (Lipinski definition) is 5. The topological polar surface area (TPSA) is 120 Å². The Labute approximate surface area is 128 Å². The minimum Gasteiger partial charge on any atom is -0.481 e. The van der Waals surface area contributed by atoms with E-state index < -0.39 is 5.97 Å². The molecule has 0 fully saturated rings. The van der Waals surface area contributed by atoms with Gasteiger partial charge in [0.05, 0.1) is 18.4 Å². The van der Waals surface area contributed by atoms with Crippen molar-refractivity contribution in [3.05, 3.63) is 47.3 Å². The van der Waals surface area contributed by atoms with Gasteiger partial charge in [-0.15, -0.1) is 5.10 Å². The molecule has 0 spiro atoms. The molecule has 118 valence electrons. The highest BCUT2D eigenvalue weighted by Crippen LogP contribution is 2.13. The molecule has 1 aromatic carbocycles. The third kappa shape index (κ3) is 4.64. The summed E-state index contributed by atoms with van der Waals surface area (Å²) in [5, 5.41) is 16.8. The van der Waals surface area contributed by atoms with Crippen LogP contribution in [0.4, 0.5) is 0 Å². The smallest absolute Gasteiger partial charge is 0.303 e. The second kappa shape index (κ2) is 7.67. The number of hydrogen-bond donors (Lipinski definition) is 3. The normalized spacial score (nSPS) is 12.3. The Bertz CT molecular complexity index is 609. The van der Waals surface area contributed by atoms with Gasteiger partial charge in [0.25, 0.3) is 0 Å². The van der Waals surface area contributed by atoms with Crippen molar-refractivity contribution in [1.82, 2.24) is 15.0 Å². The molecule has 0 radical (unpaired) electrons. The van der Waals surface area contributed by atoms with Crippen molar-refractivity contribution in [2.75, 3.05) is 6.54 Å². The van der Waals surface area contributed by atoms with E-state index in [1.165, 1.54) is 0 Å². The van der Waals surface area contributed by atoms with E-state index in [1.54, 1.807) is 4.68 Å². The van der Waals surface area contributed by atoms with Gasteiger partial charge in [0.15, 0.2) is 0 Å². The van der Waals surface area contributed by atoms with Crippen LogP contribution in [-0.4, -0.2) is 32.6 Å². The predicted octanol–water partition coefficient (Wildman–Crippen LogP) is 0.377. The van der Waals surface area contributed by atoms with Crippen molar-refractivity contribution < 1.29 is 9.90 Å². The lowest BCUT2D eigenvalue weighted by atomic mass is 9.96. The van der Waals surface area contributed by atoms with Gasteiger partial charge in [-0.1, -0.05) is 29.5 Å². The highest BCUT2D eigenvalue weighted by atomic mass is 16.4. The number of carbonyl (C=O) groups is 1. The second-order valence-corrected chi connectivity index (χ2v) is 5.33. The number of carboxylic acids is 1. The highest BCUT2D eigenvalue weighted by Gasteiger charge is 2.12. The van der Waals surface area contributed by atoms with Crippen LogP contribution in [-0.2, 0) is 24.3 Å². The Morgan fingerprint density at radius 2 is 1.91 bits per heavy atom. The molecule has 0 saturated carbocycles. The lowest BCUT2D eigenvalue weighted by Crippen LogP contribution is -2.20. The van der Waals surface area contributed by atoms with Gasteiger partial charge in [-0.05, 0) is 30.0 Å².